The molecule has 4 aromatic rings. The van der Waals surface area contributed by atoms with Gasteiger partial charge in [0.05, 0.1) is 16.4 Å². The van der Waals surface area contributed by atoms with Gasteiger partial charge in [0.2, 0.25) is 0 Å². The molecule has 1 fully saturated rings. The molecule has 1 heterocycles. The van der Waals surface area contributed by atoms with E-state index in [1.807, 2.05) is 62.4 Å². The Balaban J connectivity index is 1.30. The van der Waals surface area contributed by atoms with Crippen LogP contribution in [0.2, 0.25) is 0 Å². The standard InChI is InChI=1S/C34H32N4O7S/c1-3-36(4-2)26-16-15-24(30(21-26)45-22-32(39)35-25-11-8-12-27(20-25)38(42)43)19-31-33(40)37(34(41)46-31)17-18-44-29-14-7-10-23-9-5-6-13-28(23)29/h5-16,19-21H,3-4,17-18,22H2,1-2H3,(H,35,39)/b31-19-. The van der Waals surface area contributed by atoms with E-state index in [4.69, 9.17) is 9.47 Å². The van der Waals surface area contributed by atoms with Crippen molar-refractivity contribution in [2.75, 3.05) is 43.1 Å². The summed E-state index contributed by atoms with van der Waals surface area (Å²) in [5, 5.41) is 15.3. The summed E-state index contributed by atoms with van der Waals surface area (Å²) >= 11 is 0.826. The fourth-order valence-corrected chi connectivity index (χ4v) is 5.85. The third-order valence-electron chi connectivity index (χ3n) is 7.31. The van der Waals surface area contributed by atoms with Gasteiger partial charge in [0.15, 0.2) is 6.61 Å². The molecule has 0 spiro atoms. The van der Waals surface area contributed by atoms with E-state index >= 15 is 0 Å². The second kappa shape index (κ2) is 14.6. The number of nitrogens with zero attached hydrogens (tertiary/aromatic N) is 3. The predicted molar refractivity (Wildman–Crippen MR) is 179 cm³/mol. The van der Waals surface area contributed by atoms with E-state index in [1.165, 1.54) is 18.2 Å². The van der Waals surface area contributed by atoms with Gasteiger partial charge < -0.3 is 19.7 Å². The van der Waals surface area contributed by atoms with Crippen molar-refractivity contribution in [2.45, 2.75) is 13.8 Å². The lowest BCUT2D eigenvalue weighted by atomic mass is 10.1. The third-order valence-corrected chi connectivity index (χ3v) is 8.21. The lowest BCUT2D eigenvalue weighted by Crippen LogP contribution is -2.32. The van der Waals surface area contributed by atoms with Crippen molar-refractivity contribution in [1.82, 2.24) is 4.90 Å². The monoisotopic (exact) mass is 640 g/mol. The molecule has 0 radical (unpaired) electrons. The molecule has 0 aliphatic carbocycles. The van der Waals surface area contributed by atoms with Crippen LogP contribution < -0.4 is 19.7 Å². The molecule has 1 aliphatic heterocycles. The van der Waals surface area contributed by atoms with Gasteiger partial charge in [-0.15, -0.1) is 0 Å². The van der Waals surface area contributed by atoms with Crippen molar-refractivity contribution < 1.29 is 28.8 Å². The summed E-state index contributed by atoms with van der Waals surface area (Å²) in [6, 6.07) is 24.6. The van der Waals surface area contributed by atoms with Crippen molar-refractivity contribution in [3.63, 3.8) is 0 Å². The molecule has 46 heavy (non-hydrogen) atoms. The van der Waals surface area contributed by atoms with Gasteiger partial charge in [-0.1, -0.05) is 42.5 Å². The zero-order valence-electron chi connectivity index (χ0n) is 25.3. The first-order valence-electron chi connectivity index (χ1n) is 14.7. The van der Waals surface area contributed by atoms with Crippen LogP contribution in [0.1, 0.15) is 19.4 Å². The van der Waals surface area contributed by atoms with E-state index in [0.717, 1.165) is 46.2 Å². The van der Waals surface area contributed by atoms with E-state index in [1.54, 1.807) is 24.3 Å². The van der Waals surface area contributed by atoms with Gasteiger partial charge in [-0.25, -0.2) is 0 Å². The summed E-state index contributed by atoms with van der Waals surface area (Å²) < 4.78 is 11.9. The number of hydrogen-bond donors (Lipinski definition) is 1. The largest absolute Gasteiger partial charge is 0.491 e. The number of carbonyl (C=O) groups is 3. The molecule has 0 aromatic heterocycles. The first kappa shape index (κ1) is 32.0. The molecule has 1 N–H and O–H groups in total. The molecule has 11 nitrogen and oxygen atoms in total. The fraction of sp³-hybridized carbons (Fsp3) is 0.206. The van der Waals surface area contributed by atoms with Crippen LogP contribution >= 0.6 is 11.8 Å². The highest BCUT2D eigenvalue weighted by atomic mass is 32.2. The lowest BCUT2D eigenvalue weighted by molar-refractivity contribution is -0.384. The summed E-state index contributed by atoms with van der Waals surface area (Å²) in [7, 11) is 0. The Kier molecular flexibility index (Phi) is 10.2. The maximum atomic E-state index is 13.3. The van der Waals surface area contributed by atoms with Gasteiger partial charge in [-0.3, -0.25) is 29.4 Å². The van der Waals surface area contributed by atoms with Crippen LogP contribution in [-0.2, 0) is 9.59 Å². The van der Waals surface area contributed by atoms with Crippen LogP contribution in [0.4, 0.5) is 21.9 Å². The van der Waals surface area contributed by atoms with Gasteiger partial charge in [-0.05, 0) is 61.3 Å². The Hall–Kier alpha value is -5.36. The number of carbonyl (C=O) groups excluding carboxylic acids is 3. The van der Waals surface area contributed by atoms with Crippen molar-refractivity contribution >= 4 is 62.7 Å². The zero-order chi connectivity index (χ0) is 32.6. The molecule has 0 atom stereocenters. The number of non-ortho nitro benzene ring substituents is 1. The van der Waals surface area contributed by atoms with Gasteiger partial charge in [0.1, 0.15) is 18.1 Å². The van der Waals surface area contributed by atoms with Crippen LogP contribution in [0.15, 0.2) is 89.8 Å². The van der Waals surface area contributed by atoms with E-state index < -0.39 is 28.6 Å². The smallest absolute Gasteiger partial charge is 0.293 e. The fourth-order valence-electron chi connectivity index (χ4n) is 4.99. The molecular formula is C34H32N4O7S. The number of fused-ring (bicyclic) bond motifs is 1. The maximum Gasteiger partial charge on any atom is 0.293 e. The minimum Gasteiger partial charge on any atom is -0.491 e. The number of ether oxygens (including phenoxy) is 2. The van der Waals surface area contributed by atoms with E-state index in [9.17, 15) is 24.5 Å². The van der Waals surface area contributed by atoms with Crippen LogP contribution in [0.3, 0.4) is 0 Å². The summed E-state index contributed by atoms with van der Waals surface area (Å²) in [5.74, 6) is 0.0415. The van der Waals surface area contributed by atoms with Crippen LogP contribution in [0.25, 0.3) is 16.8 Å². The summed E-state index contributed by atoms with van der Waals surface area (Å²) in [5.41, 5.74) is 1.48. The van der Waals surface area contributed by atoms with Crippen molar-refractivity contribution in [2.24, 2.45) is 0 Å². The van der Waals surface area contributed by atoms with Gasteiger partial charge >= 0.3 is 0 Å². The molecular weight excluding hydrogens is 608 g/mol. The Morgan fingerprint density at radius 2 is 1.72 bits per heavy atom. The average Bonchev–Trinajstić information content (AvgIpc) is 3.32. The number of benzene rings is 4. The molecule has 0 unspecified atom stereocenters. The Morgan fingerprint density at radius 1 is 0.957 bits per heavy atom. The molecule has 236 valence electrons. The van der Waals surface area contributed by atoms with Crippen molar-refractivity contribution in [3.05, 3.63) is 106 Å². The summed E-state index contributed by atoms with van der Waals surface area (Å²) in [6.07, 6.45) is 1.58. The second-order valence-corrected chi connectivity index (χ2v) is 11.2. The molecule has 0 saturated carbocycles. The van der Waals surface area contributed by atoms with E-state index in [-0.39, 0.29) is 29.4 Å². The van der Waals surface area contributed by atoms with Crippen LogP contribution in [-0.4, -0.2) is 59.7 Å². The molecule has 3 amide bonds. The predicted octanol–water partition coefficient (Wildman–Crippen LogP) is 6.73. The minimum absolute atomic E-state index is 0.0767. The quantitative estimate of drug-likeness (QED) is 0.0960. The van der Waals surface area contributed by atoms with Crippen LogP contribution in [0, 0.1) is 10.1 Å². The second-order valence-electron chi connectivity index (χ2n) is 10.2. The minimum atomic E-state index is -0.545. The number of hydrogen-bond acceptors (Lipinski definition) is 9. The van der Waals surface area contributed by atoms with Crippen molar-refractivity contribution in [3.8, 4) is 11.5 Å². The van der Waals surface area contributed by atoms with Gasteiger partial charge in [-0.2, -0.15) is 0 Å². The SMILES string of the molecule is CCN(CC)c1ccc(/C=C2\SC(=O)N(CCOc3cccc4ccccc34)C2=O)c(OCC(=O)Nc2cccc([N+](=O)[O-])c2)c1. The van der Waals surface area contributed by atoms with Crippen molar-refractivity contribution in [1.29, 1.82) is 0 Å². The highest BCUT2D eigenvalue weighted by molar-refractivity contribution is 8.18. The number of anilines is 2. The Bertz CT molecular complexity index is 1820. The number of thioether (sulfide) groups is 1. The van der Waals surface area contributed by atoms with E-state index in [0.29, 0.717) is 17.1 Å². The highest BCUT2D eigenvalue weighted by Crippen LogP contribution is 2.35. The molecule has 0 bridgehead atoms. The summed E-state index contributed by atoms with van der Waals surface area (Å²) in [4.78, 5) is 52.9. The van der Waals surface area contributed by atoms with Crippen LogP contribution in [0.5, 0.6) is 11.5 Å². The molecule has 12 heteroatoms. The number of imide groups is 1. The first-order chi connectivity index (χ1) is 22.3. The maximum absolute atomic E-state index is 13.3. The molecule has 1 saturated heterocycles. The zero-order valence-corrected chi connectivity index (χ0v) is 26.1. The lowest BCUT2D eigenvalue weighted by Gasteiger charge is -2.22. The summed E-state index contributed by atoms with van der Waals surface area (Å²) in [6.45, 7) is 5.33. The van der Waals surface area contributed by atoms with Gasteiger partial charge in [0, 0.05) is 53.6 Å². The average molecular weight is 641 g/mol. The number of nitro benzene ring substituents is 1. The number of amides is 3. The normalized spacial score (nSPS) is 13.7. The van der Waals surface area contributed by atoms with Gasteiger partial charge in [0.25, 0.3) is 22.7 Å². The number of nitrogens with one attached hydrogen (secondary N) is 1. The third kappa shape index (κ3) is 7.46. The highest BCUT2D eigenvalue weighted by Gasteiger charge is 2.35. The molecule has 5 rings (SSSR count). The molecule has 1 aliphatic rings. The number of nitro groups is 1. The Morgan fingerprint density at radius 3 is 2.50 bits per heavy atom. The molecule has 4 aromatic carbocycles. The number of rotatable bonds is 13. The first-order valence-corrected chi connectivity index (χ1v) is 15.5. The Labute approximate surface area is 269 Å². The van der Waals surface area contributed by atoms with E-state index in [2.05, 4.69) is 10.2 Å². The topological polar surface area (TPSA) is 131 Å².